The first kappa shape index (κ1) is 20.8. The van der Waals surface area contributed by atoms with E-state index in [9.17, 15) is 9.18 Å². The summed E-state index contributed by atoms with van der Waals surface area (Å²) >= 11 is 1.44. The van der Waals surface area contributed by atoms with Crippen LogP contribution in [0.1, 0.15) is 53.5 Å². The van der Waals surface area contributed by atoms with Crippen LogP contribution in [-0.2, 0) is 0 Å². The number of aliphatic hydroxyl groups is 1. The minimum Gasteiger partial charge on any atom is -0.395 e. The largest absolute Gasteiger partial charge is 0.395 e. The van der Waals surface area contributed by atoms with E-state index >= 15 is 0 Å². The average molecular weight is 431 g/mol. The fraction of sp³-hybridized carbons (Fsp3) is 0.455. The molecule has 1 aliphatic rings. The summed E-state index contributed by atoms with van der Waals surface area (Å²) in [5.74, 6) is -0.689. The summed E-state index contributed by atoms with van der Waals surface area (Å²) < 4.78 is 16.5. The van der Waals surface area contributed by atoms with Crippen molar-refractivity contribution < 1.29 is 14.3 Å². The molecule has 3 aromatic rings. The highest BCUT2D eigenvalue weighted by Gasteiger charge is 2.22. The van der Waals surface area contributed by atoms with E-state index in [0.29, 0.717) is 28.8 Å². The minimum atomic E-state index is -0.441. The number of benzene rings is 1. The highest BCUT2D eigenvalue weighted by molar-refractivity contribution is 7.20. The number of thiophene rings is 1. The third-order valence-corrected chi connectivity index (χ3v) is 6.89. The molecule has 2 heterocycles. The van der Waals surface area contributed by atoms with Crippen molar-refractivity contribution in [1.29, 1.82) is 0 Å². The quantitative estimate of drug-likeness (QED) is 0.593. The summed E-state index contributed by atoms with van der Waals surface area (Å²) in [6, 6.07) is 6.88. The van der Waals surface area contributed by atoms with E-state index in [-0.39, 0.29) is 12.5 Å². The summed E-state index contributed by atoms with van der Waals surface area (Å²) in [5.41, 5.74) is 1.72. The zero-order valence-corrected chi connectivity index (χ0v) is 18.1. The fourth-order valence-electron chi connectivity index (χ4n) is 4.11. The van der Waals surface area contributed by atoms with Crippen LogP contribution in [0.15, 0.2) is 24.3 Å². The van der Waals surface area contributed by atoms with Crippen molar-refractivity contribution in [1.82, 2.24) is 9.78 Å². The molecular weight excluding hydrogens is 403 g/mol. The first-order valence-electron chi connectivity index (χ1n) is 10.4. The van der Waals surface area contributed by atoms with Crippen LogP contribution in [0.5, 0.6) is 0 Å². The van der Waals surface area contributed by atoms with Gasteiger partial charge in [-0.25, -0.2) is 4.39 Å². The van der Waals surface area contributed by atoms with E-state index in [2.05, 4.69) is 10.00 Å². The monoisotopic (exact) mass is 430 g/mol. The van der Waals surface area contributed by atoms with Gasteiger partial charge < -0.3 is 15.3 Å². The number of nitrogens with zero attached hydrogens (tertiary/aromatic N) is 3. The lowest BCUT2D eigenvalue weighted by Crippen LogP contribution is -2.22. The molecule has 0 radical (unpaired) electrons. The van der Waals surface area contributed by atoms with Crippen LogP contribution in [0.4, 0.5) is 15.8 Å². The molecule has 6 nitrogen and oxygen atoms in total. The van der Waals surface area contributed by atoms with E-state index in [1.807, 2.05) is 13.0 Å². The number of amides is 1. The summed E-state index contributed by atoms with van der Waals surface area (Å²) in [6.45, 7) is 2.26. The number of fused-ring (bicyclic) bond motifs is 1. The molecule has 4 rings (SSSR count). The summed E-state index contributed by atoms with van der Waals surface area (Å²) in [5, 5.41) is 17.6. The molecule has 1 amide bonds. The predicted octanol–water partition coefficient (Wildman–Crippen LogP) is 4.73. The molecule has 1 saturated carbocycles. The van der Waals surface area contributed by atoms with Gasteiger partial charge in [0.05, 0.1) is 28.9 Å². The van der Waals surface area contributed by atoms with Gasteiger partial charge in [0, 0.05) is 24.7 Å². The number of hydrogen-bond donors (Lipinski definition) is 2. The molecule has 2 aromatic heterocycles. The van der Waals surface area contributed by atoms with Gasteiger partial charge in [-0.2, -0.15) is 5.10 Å². The highest BCUT2D eigenvalue weighted by Crippen LogP contribution is 2.35. The lowest BCUT2D eigenvalue weighted by Gasteiger charge is -2.22. The number of nitrogens with one attached hydrogen (secondary N) is 1. The molecule has 1 aliphatic carbocycles. The van der Waals surface area contributed by atoms with Crippen LogP contribution in [0.25, 0.3) is 10.2 Å². The molecule has 160 valence electrons. The number of carbonyl (C=O) groups is 1. The third-order valence-electron chi connectivity index (χ3n) is 5.76. The van der Waals surface area contributed by atoms with Gasteiger partial charge in [-0.15, -0.1) is 11.3 Å². The number of likely N-dealkylation sites (N-methyl/N-ethyl adjacent to an activating group) is 1. The standard InChI is InChI=1S/C22H27FN4O2S/c1-14-17-13-20(30-22(17)27(25-14)16-6-4-3-5-7-16)21(29)24-15-8-9-19(18(23)12-15)26(2)10-11-28/h8-9,12-13,16,28H,3-7,10-11H2,1-2H3,(H,24,29). The molecule has 0 atom stereocenters. The Bertz CT molecular complexity index is 1060. The van der Waals surface area contributed by atoms with Gasteiger partial charge in [-0.1, -0.05) is 19.3 Å². The first-order chi connectivity index (χ1) is 14.5. The Kier molecular flexibility index (Phi) is 6.06. The van der Waals surface area contributed by atoms with Crippen molar-refractivity contribution >= 4 is 38.8 Å². The molecule has 0 unspecified atom stereocenters. The Morgan fingerprint density at radius 3 is 2.80 bits per heavy atom. The number of carbonyl (C=O) groups excluding carboxylic acids is 1. The molecular formula is C22H27FN4O2S. The fourth-order valence-corrected chi connectivity index (χ4v) is 5.24. The molecule has 1 aromatic carbocycles. The first-order valence-corrected chi connectivity index (χ1v) is 11.2. The lowest BCUT2D eigenvalue weighted by atomic mass is 9.96. The number of anilines is 2. The lowest BCUT2D eigenvalue weighted by molar-refractivity contribution is 0.103. The second-order valence-corrected chi connectivity index (χ2v) is 8.95. The molecule has 0 bridgehead atoms. The maximum atomic E-state index is 14.4. The van der Waals surface area contributed by atoms with Crippen LogP contribution in [0.2, 0.25) is 0 Å². The maximum Gasteiger partial charge on any atom is 0.265 e. The number of hydrogen-bond acceptors (Lipinski definition) is 5. The molecule has 2 N–H and O–H groups in total. The van der Waals surface area contributed by atoms with E-state index in [1.165, 1.54) is 36.7 Å². The van der Waals surface area contributed by atoms with E-state index in [4.69, 9.17) is 10.2 Å². The summed E-state index contributed by atoms with van der Waals surface area (Å²) in [6.07, 6.45) is 5.98. The molecule has 8 heteroatoms. The van der Waals surface area contributed by atoms with Gasteiger partial charge in [0.1, 0.15) is 10.6 Å². The van der Waals surface area contributed by atoms with E-state index < -0.39 is 5.82 Å². The van der Waals surface area contributed by atoms with E-state index in [0.717, 1.165) is 28.8 Å². The second-order valence-electron chi connectivity index (χ2n) is 7.92. The van der Waals surface area contributed by atoms with Gasteiger partial charge in [0.25, 0.3) is 5.91 Å². The Morgan fingerprint density at radius 2 is 2.10 bits per heavy atom. The van der Waals surface area contributed by atoms with Gasteiger partial charge in [0.15, 0.2) is 0 Å². The summed E-state index contributed by atoms with van der Waals surface area (Å²) in [7, 11) is 1.71. The second kappa shape index (κ2) is 8.73. The molecule has 0 aliphatic heterocycles. The SMILES string of the molecule is Cc1nn(C2CCCCC2)c2sc(C(=O)Nc3ccc(N(C)CCO)c(F)c3)cc12. The summed E-state index contributed by atoms with van der Waals surface area (Å²) in [4.78, 5) is 16.1. The number of aromatic nitrogens is 2. The van der Waals surface area contributed by atoms with Crippen LogP contribution in [0.3, 0.4) is 0 Å². The van der Waals surface area contributed by atoms with Crippen molar-refractivity contribution in [3.8, 4) is 0 Å². The average Bonchev–Trinajstić information content (AvgIpc) is 3.30. The Balaban J connectivity index is 1.54. The minimum absolute atomic E-state index is 0.0575. The van der Waals surface area contributed by atoms with Crippen molar-refractivity contribution in [2.45, 2.75) is 45.1 Å². The van der Waals surface area contributed by atoms with Crippen molar-refractivity contribution in [2.75, 3.05) is 30.4 Å². The molecule has 0 spiro atoms. The van der Waals surface area contributed by atoms with Crippen LogP contribution >= 0.6 is 11.3 Å². The smallest absolute Gasteiger partial charge is 0.265 e. The molecule has 1 fully saturated rings. The van der Waals surface area contributed by atoms with Gasteiger partial charge in [-0.3, -0.25) is 9.48 Å². The number of rotatable bonds is 6. The van der Waals surface area contributed by atoms with Crippen molar-refractivity contribution in [2.24, 2.45) is 0 Å². The van der Waals surface area contributed by atoms with Crippen LogP contribution in [0, 0.1) is 12.7 Å². The zero-order valence-electron chi connectivity index (χ0n) is 17.3. The Morgan fingerprint density at radius 1 is 1.33 bits per heavy atom. The van der Waals surface area contributed by atoms with Gasteiger partial charge >= 0.3 is 0 Å². The van der Waals surface area contributed by atoms with Gasteiger partial charge in [-0.05, 0) is 44.0 Å². The number of aliphatic hydroxyl groups excluding tert-OH is 1. The van der Waals surface area contributed by atoms with Crippen molar-refractivity contribution in [3.63, 3.8) is 0 Å². The third kappa shape index (κ3) is 4.06. The van der Waals surface area contributed by atoms with Crippen molar-refractivity contribution in [3.05, 3.63) is 40.7 Å². The Hall–Kier alpha value is -2.45. The maximum absolute atomic E-state index is 14.4. The van der Waals surface area contributed by atoms with Crippen LogP contribution in [-0.4, -0.2) is 41.0 Å². The number of halogens is 1. The van der Waals surface area contributed by atoms with Crippen LogP contribution < -0.4 is 10.2 Å². The normalized spacial score (nSPS) is 14.9. The number of aryl methyl sites for hydroxylation is 1. The van der Waals surface area contributed by atoms with E-state index in [1.54, 1.807) is 24.1 Å². The highest BCUT2D eigenvalue weighted by atomic mass is 32.1. The molecule has 30 heavy (non-hydrogen) atoms. The Labute approximate surface area is 179 Å². The topological polar surface area (TPSA) is 70.4 Å². The van der Waals surface area contributed by atoms with Gasteiger partial charge in [0.2, 0.25) is 0 Å². The predicted molar refractivity (Wildman–Crippen MR) is 119 cm³/mol. The molecule has 0 saturated heterocycles. The zero-order chi connectivity index (χ0) is 21.3.